The summed E-state index contributed by atoms with van der Waals surface area (Å²) >= 11 is 0. The average Bonchev–Trinajstić information content (AvgIpc) is 3.34. The summed E-state index contributed by atoms with van der Waals surface area (Å²) in [4.78, 5) is 12.9. The minimum absolute atomic E-state index is 0.165. The maximum absolute atomic E-state index is 14.0. The van der Waals surface area contributed by atoms with Crippen LogP contribution in [0.4, 0.5) is 8.78 Å². The Morgan fingerprint density at radius 1 is 1.14 bits per heavy atom. The lowest BCUT2D eigenvalue weighted by Gasteiger charge is -2.09. The minimum atomic E-state index is -0.693. The topological polar surface area (TPSA) is 68.5 Å². The zero-order valence-corrected chi connectivity index (χ0v) is 16.0. The molecule has 0 saturated heterocycles. The lowest BCUT2D eigenvalue weighted by Crippen LogP contribution is -2.25. The van der Waals surface area contributed by atoms with E-state index in [1.165, 1.54) is 27.4 Å². The summed E-state index contributed by atoms with van der Waals surface area (Å²) in [6.07, 6.45) is 4.30. The van der Waals surface area contributed by atoms with Crippen molar-refractivity contribution in [2.24, 2.45) is 0 Å². The first-order chi connectivity index (χ1) is 14.0. The van der Waals surface area contributed by atoms with E-state index in [9.17, 15) is 13.6 Å². The smallest absolute Gasteiger partial charge is 0.285 e. The molecule has 29 heavy (non-hydrogen) atoms. The standard InChI is InChI=1S/C21H19F2N5O/c1-3-14-9-16(7-8-17(14)15-10-24-25-11-15)28-21(29)27(13(2)26-28)12-18-19(22)5-4-6-20(18)23/h4-11H,3,12H2,1-2H3,(H,24,25). The van der Waals surface area contributed by atoms with Crippen LogP contribution in [0.15, 0.2) is 53.6 Å². The van der Waals surface area contributed by atoms with Crippen LogP contribution in [0.2, 0.25) is 0 Å². The summed E-state index contributed by atoms with van der Waals surface area (Å²) in [7, 11) is 0. The second kappa shape index (κ2) is 7.46. The Labute approximate surface area is 165 Å². The van der Waals surface area contributed by atoms with Crippen molar-refractivity contribution in [1.29, 1.82) is 0 Å². The van der Waals surface area contributed by atoms with Gasteiger partial charge in [-0.2, -0.15) is 14.9 Å². The highest BCUT2D eigenvalue weighted by Crippen LogP contribution is 2.25. The van der Waals surface area contributed by atoms with E-state index >= 15 is 0 Å². The Morgan fingerprint density at radius 3 is 2.55 bits per heavy atom. The van der Waals surface area contributed by atoms with Crippen LogP contribution in [-0.4, -0.2) is 24.5 Å². The van der Waals surface area contributed by atoms with Crippen molar-refractivity contribution in [3.63, 3.8) is 0 Å². The number of halogens is 2. The van der Waals surface area contributed by atoms with Gasteiger partial charge in [-0.3, -0.25) is 9.67 Å². The van der Waals surface area contributed by atoms with Crippen LogP contribution in [0, 0.1) is 18.6 Å². The zero-order valence-electron chi connectivity index (χ0n) is 16.0. The number of aromatic nitrogens is 5. The third-order valence-corrected chi connectivity index (χ3v) is 4.95. The Morgan fingerprint density at radius 2 is 1.90 bits per heavy atom. The van der Waals surface area contributed by atoms with Gasteiger partial charge in [0, 0.05) is 17.3 Å². The predicted octanol–water partition coefficient (Wildman–Crippen LogP) is 3.62. The van der Waals surface area contributed by atoms with Crippen LogP contribution in [0.5, 0.6) is 0 Å². The Balaban J connectivity index is 1.76. The quantitative estimate of drug-likeness (QED) is 0.561. The Hall–Kier alpha value is -3.55. The van der Waals surface area contributed by atoms with Crippen LogP contribution in [0.3, 0.4) is 0 Å². The van der Waals surface area contributed by atoms with E-state index in [1.807, 2.05) is 25.3 Å². The van der Waals surface area contributed by atoms with Gasteiger partial charge in [-0.1, -0.05) is 19.1 Å². The summed E-state index contributed by atoms with van der Waals surface area (Å²) in [6.45, 7) is 3.43. The predicted molar refractivity (Wildman–Crippen MR) is 105 cm³/mol. The molecule has 2 heterocycles. The van der Waals surface area contributed by atoms with E-state index < -0.39 is 17.3 Å². The molecule has 148 valence electrons. The molecule has 0 spiro atoms. The highest BCUT2D eigenvalue weighted by molar-refractivity contribution is 5.67. The Bertz CT molecular complexity index is 1200. The molecule has 0 unspecified atom stereocenters. The fraction of sp³-hybridized carbons (Fsp3) is 0.190. The second-order valence-corrected chi connectivity index (χ2v) is 6.71. The molecule has 0 radical (unpaired) electrons. The molecule has 0 aliphatic heterocycles. The van der Waals surface area contributed by atoms with E-state index in [4.69, 9.17) is 0 Å². The molecule has 0 fully saturated rings. The third kappa shape index (κ3) is 3.37. The molecule has 1 N–H and O–H groups in total. The van der Waals surface area contributed by atoms with Gasteiger partial charge in [0.05, 0.1) is 18.4 Å². The summed E-state index contributed by atoms with van der Waals surface area (Å²) in [5.41, 5.74) is 2.98. The van der Waals surface area contributed by atoms with Crippen LogP contribution < -0.4 is 5.69 Å². The van der Waals surface area contributed by atoms with Crippen LogP contribution in [-0.2, 0) is 13.0 Å². The van der Waals surface area contributed by atoms with Crippen molar-refractivity contribution in [3.8, 4) is 16.8 Å². The SMILES string of the molecule is CCc1cc(-n2nc(C)n(Cc3c(F)cccc3F)c2=O)ccc1-c1cn[nH]c1. The monoisotopic (exact) mass is 395 g/mol. The van der Waals surface area contributed by atoms with Gasteiger partial charge in [0.1, 0.15) is 17.5 Å². The minimum Gasteiger partial charge on any atom is -0.285 e. The summed E-state index contributed by atoms with van der Waals surface area (Å²) in [5.74, 6) is -1.02. The van der Waals surface area contributed by atoms with Crippen molar-refractivity contribution >= 4 is 0 Å². The number of hydrogen-bond acceptors (Lipinski definition) is 3. The normalized spacial score (nSPS) is 11.2. The first-order valence-electron chi connectivity index (χ1n) is 9.21. The molecule has 0 amide bonds. The van der Waals surface area contributed by atoms with E-state index in [0.717, 1.165) is 23.1 Å². The number of benzene rings is 2. The molecule has 0 saturated carbocycles. The highest BCUT2D eigenvalue weighted by atomic mass is 19.1. The number of nitrogens with zero attached hydrogens (tertiary/aromatic N) is 4. The van der Waals surface area contributed by atoms with Gasteiger partial charge >= 0.3 is 5.69 Å². The highest BCUT2D eigenvalue weighted by Gasteiger charge is 2.17. The summed E-state index contributed by atoms with van der Waals surface area (Å²) < 4.78 is 30.6. The van der Waals surface area contributed by atoms with Crippen molar-refractivity contribution in [3.05, 3.63) is 87.9 Å². The number of nitrogens with one attached hydrogen (secondary N) is 1. The first kappa shape index (κ1) is 18.8. The molecule has 8 heteroatoms. The lowest BCUT2D eigenvalue weighted by atomic mass is 10.00. The van der Waals surface area contributed by atoms with E-state index in [0.29, 0.717) is 11.5 Å². The molecule has 0 aliphatic rings. The molecular formula is C21H19F2N5O. The molecular weight excluding hydrogens is 376 g/mol. The molecule has 4 aromatic rings. The number of rotatable bonds is 5. The van der Waals surface area contributed by atoms with Crippen LogP contribution >= 0.6 is 0 Å². The van der Waals surface area contributed by atoms with Crippen LogP contribution in [0.25, 0.3) is 16.8 Å². The molecule has 0 atom stereocenters. The number of H-pyrrole nitrogens is 1. The van der Waals surface area contributed by atoms with Gasteiger partial charge in [0.15, 0.2) is 0 Å². The largest absolute Gasteiger partial charge is 0.351 e. The van der Waals surface area contributed by atoms with E-state index in [-0.39, 0.29) is 12.1 Å². The van der Waals surface area contributed by atoms with Gasteiger partial charge in [0.2, 0.25) is 0 Å². The molecule has 6 nitrogen and oxygen atoms in total. The zero-order chi connectivity index (χ0) is 20.5. The van der Waals surface area contributed by atoms with Crippen molar-refractivity contribution in [2.75, 3.05) is 0 Å². The average molecular weight is 395 g/mol. The number of aryl methyl sites for hydroxylation is 2. The lowest BCUT2D eigenvalue weighted by molar-refractivity contribution is 0.539. The van der Waals surface area contributed by atoms with Gasteiger partial charge in [-0.15, -0.1) is 0 Å². The van der Waals surface area contributed by atoms with Gasteiger partial charge in [-0.25, -0.2) is 13.6 Å². The van der Waals surface area contributed by atoms with E-state index in [1.54, 1.807) is 19.2 Å². The third-order valence-electron chi connectivity index (χ3n) is 4.95. The van der Waals surface area contributed by atoms with Gasteiger partial charge < -0.3 is 0 Å². The fourth-order valence-corrected chi connectivity index (χ4v) is 3.37. The second-order valence-electron chi connectivity index (χ2n) is 6.71. The maximum Gasteiger partial charge on any atom is 0.351 e. The maximum atomic E-state index is 14.0. The molecule has 0 bridgehead atoms. The van der Waals surface area contributed by atoms with Crippen LogP contribution in [0.1, 0.15) is 23.9 Å². The summed E-state index contributed by atoms with van der Waals surface area (Å²) in [6, 6.07) is 9.24. The first-order valence-corrected chi connectivity index (χ1v) is 9.21. The molecule has 4 rings (SSSR count). The van der Waals surface area contributed by atoms with Crippen molar-refractivity contribution in [1.82, 2.24) is 24.5 Å². The van der Waals surface area contributed by atoms with Crippen molar-refractivity contribution < 1.29 is 8.78 Å². The van der Waals surface area contributed by atoms with Gasteiger partial charge in [-0.05, 0) is 48.7 Å². The molecule has 2 aromatic heterocycles. The fourth-order valence-electron chi connectivity index (χ4n) is 3.37. The number of aromatic amines is 1. The van der Waals surface area contributed by atoms with Gasteiger partial charge in [0.25, 0.3) is 0 Å². The van der Waals surface area contributed by atoms with E-state index in [2.05, 4.69) is 15.3 Å². The summed E-state index contributed by atoms with van der Waals surface area (Å²) in [5, 5.41) is 11.1. The molecule has 2 aromatic carbocycles. The molecule has 0 aliphatic carbocycles. The Kier molecular flexibility index (Phi) is 4.84. The number of hydrogen-bond donors (Lipinski definition) is 1. The van der Waals surface area contributed by atoms with Crippen molar-refractivity contribution in [2.45, 2.75) is 26.8 Å².